The normalized spacial score (nSPS) is 18.0. The van der Waals surface area contributed by atoms with Crippen LogP contribution in [0.5, 0.6) is 11.5 Å². The zero-order valence-corrected chi connectivity index (χ0v) is 17.3. The maximum Gasteiger partial charge on any atom is 0.295 e. The van der Waals surface area contributed by atoms with Gasteiger partial charge in [0.1, 0.15) is 17.3 Å². The topological polar surface area (TPSA) is 85.3 Å². The summed E-state index contributed by atoms with van der Waals surface area (Å²) in [6, 6.07) is 13.0. The minimum absolute atomic E-state index is 0.0233. The number of methoxy groups -OCH3 is 3. The number of rotatable bonds is 8. The lowest BCUT2D eigenvalue weighted by molar-refractivity contribution is -0.140. The summed E-state index contributed by atoms with van der Waals surface area (Å²) in [6.45, 7) is 0.721. The maximum atomic E-state index is 13.0. The Kier molecular flexibility index (Phi) is 6.74. The van der Waals surface area contributed by atoms with Crippen LogP contribution in [0.2, 0.25) is 0 Å². The molecule has 7 nitrogen and oxygen atoms in total. The fourth-order valence-corrected chi connectivity index (χ4v) is 3.62. The molecule has 0 radical (unpaired) electrons. The van der Waals surface area contributed by atoms with Crippen LogP contribution in [-0.2, 0) is 14.3 Å². The molecule has 3 rings (SSSR count). The summed E-state index contributed by atoms with van der Waals surface area (Å²) in [5.41, 5.74) is 1.04. The third-order valence-corrected chi connectivity index (χ3v) is 5.07. The van der Waals surface area contributed by atoms with Crippen LogP contribution >= 0.6 is 0 Å². The van der Waals surface area contributed by atoms with Crippen LogP contribution in [0.4, 0.5) is 0 Å². The van der Waals surface area contributed by atoms with Gasteiger partial charge in [0.2, 0.25) is 0 Å². The molecule has 0 aliphatic carbocycles. The van der Waals surface area contributed by atoms with Crippen molar-refractivity contribution in [2.24, 2.45) is 0 Å². The summed E-state index contributed by atoms with van der Waals surface area (Å²) in [7, 11) is 4.62. The van der Waals surface area contributed by atoms with Gasteiger partial charge in [0.25, 0.3) is 11.7 Å². The molecule has 158 valence electrons. The van der Waals surface area contributed by atoms with Gasteiger partial charge in [-0.2, -0.15) is 0 Å². The molecule has 1 heterocycles. The van der Waals surface area contributed by atoms with E-state index in [0.717, 1.165) is 0 Å². The average Bonchev–Trinajstić information content (AvgIpc) is 3.03. The highest BCUT2D eigenvalue weighted by Gasteiger charge is 2.46. The fourth-order valence-electron chi connectivity index (χ4n) is 3.62. The minimum Gasteiger partial charge on any atom is -0.507 e. The molecule has 1 N–H and O–H groups in total. The molecular formula is C23H25NO6. The van der Waals surface area contributed by atoms with Crippen molar-refractivity contribution in [2.45, 2.75) is 12.5 Å². The number of aliphatic hydroxyl groups is 1. The van der Waals surface area contributed by atoms with E-state index in [0.29, 0.717) is 35.7 Å². The third-order valence-electron chi connectivity index (χ3n) is 5.07. The van der Waals surface area contributed by atoms with E-state index in [4.69, 9.17) is 14.2 Å². The minimum atomic E-state index is -0.813. The smallest absolute Gasteiger partial charge is 0.295 e. The van der Waals surface area contributed by atoms with Crippen LogP contribution in [0.15, 0.2) is 54.1 Å². The molecule has 1 saturated heterocycles. The van der Waals surface area contributed by atoms with Gasteiger partial charge >= 0.3 is 0 Å². The lowest BCUT2D eigenvalue weighted by atomic mass is 9.94. The molecule has 2 aromatic carbocycles. The number of likely N-dealkylation sites (tertiary alicyclic amines) is 1. The van der Waals surface area contributed by atoms with Gasteiger partial charge in [-0.1, -0.05) is 30.3 Å². The predicted molar refractivity (Wildman–Crippen MR) is 111 cm³/mol. The third kappa shape index (κ3) is 4.02. The number of ether oxygens (including phenoxy) is 3. The quantitative estimate of drug-likeness (QED) is 0.311. The van der Waals surface area contributed by atoms with E-state index in [9.17, 15) is 14.7 Å². The second-order valence-corrected chi connectivity index (χ2v) is 6.81. The summed E-state index contributed by atoms with van der Waals surface area (Å²) in [4.78, 5) is 27.3. The van der Waals surface area contributed by atoms with Crippen molar-refractivity contribution in [1.29, 1.82) is 0 Å². The van der Waals surface area contributed by atoms with Gasteiger partial charge in [0.15, 0.2) is 0 Å². The second kappa shape index (κ2) is 9.45. The van der Waals surface area contributed by atoms with E-state index >= 15 is 0 Å². The number of carbonyl (C=O) groups is 2. The van der Waals surface area contributed by atoms with Crippen LogP contribution in [0.3, 0.4) is 0 Å². The average molecular weight is 411 g/mol. The first-order chi connectivity index (χ1) is 14.5. The Labute approximate surface area is 175 Å². The molecule has 1 aliphatic heterocycles. The van der Waals surface area contributed by atoms with Crippen LogP contribution in [0.25, 0.3) is 5.76 Å². The number of benzene rings is 2. The lowest BCUT2D eigenvalue weighted by Crippen LogP contribution is -2.31. The molecule has 2 aromatic rings. The summed E-state index contributed by atoms with van der Waals surface area (Å²) >= 11 is 0. The lowest BCUT2D eigenvalue weighted by Gasteiger charge is -2.27. The molecular weight excluding hydrogens is 386 g/mol. The Morgan fingerprint density at radius 1 is 1.03 bits per heavy atom. The Balaban J connectivity index is 2.20. The monoisotopic (exact) mass is 411 g/mol. The number of nitrogens with zero attached hydrogens (tertiary/aromatic N) is 1. The van der Waals surface area contributed by atoms with E-state index in [1.165, 1.54) is 19.1 Å². The Morgan fingerprint density at radius 2 is 1.77 bits per heavy atom. The number of ketones is 1. The van der Waals surface area contributed by atoms with E-state index in [2.05, 4.69) is 0 Å². The van der Waals surface area contributed by atoms with Gasteiger partial charge in [0, 0.05) is 31.4 Å². The Morgan fingerprint density at radius 3 is 2.40 bits per heavy atom. The highest BCUT2D eigenvalue weighted by Crippen LogP contribution is 2.43. The highest BCUT2D eigenvalue weighted by atomic mass is 16.5. The molecule has 0 aromatic heterocycles. The van der Waals surface area contributed by atoms with Gasteiger partial charge < -0.3 is 24.2 Å². The molecule has 1 atom stereocenters. The molecule has 1 aliphatic rings. The van der Waals surface area contributed by atoms with Gasteiger partial charge in [-0.3, -0.25) is 9.59 Å². The number of aliphatic hydroxyl groups excluding tert-OH is 1. The van der Waals surface area contributed by atoms with Crippen LogP contribution in [-0.4, -0.2) is 56.2 Å². The zero-order chi connectivity index (χ0) is 21.7. The first kappa shape index (κ1) is 21.4. The van der Waals surface area contributed by atoms with Crippen molar-refractivity contribution in [3.8, 4) is 11.5 Å². The first-order valence-electron chi connectivity index (χ1n) is 9.58. The molecule has 1 amide bonds. The van der Waals surface area contributed by atoms with Crippen molar-refractivity contribution >= 4 is 17.4 Å². The first-order valence-corrected chi connectivity index (χ1v) is 9.58. The number of Topliss-reactive ketones (excluding diaryl/α,β-unsaturated/α-hetero) is 1. The van der Waals surface area contributed by atoms with E-state index < -0.39 is 17.7 Å². The van der Waals surface area contributed by atoms with Gasteiger partial charge in [-0.15, -0.1) is 0 Å². The van der Waals surface area contributed by atoms with Crippen LogP contribution < -0.4 is 9.47 Å². The number of amides is 1. The second-order valence-electron chi connectivity index (χ2n) is 6.81. The molecule has 0 bridgehead atoms. The molecule has 0 unspecified atom stereocenters. The van der Waals surface area contributed by atoms with Crippen molar-refractivity contribution < 1.29 is 28.9 Å². The highest BCUT2D eigenvalue weighted by molar-refractivity contribution is 6.46. The predicted octanol–water partition coefficient (Wildman–Crippen LogP) is 3.16. The maximum absolute atomic E-state index is 13.0. The van der Waals surface area contributed by atoms with Gasteiger partial charge in [0.05, 0.1) is 25.8 Å². The summed E-state index contributed by atoms with van der Waals surface area (Å²) in [5, 5.41) is 11.0. The van der Waals surface area contributed by atoms with Crippen LogP contribution in [0.1, 0.15) is 23.6 Å². The summed E-state index contributed by atoms with van der Waals surface area (Å²) in [6.07, 6.45) is 0.539. The molecule has 0 saturated carbocycles. The molecule has 1 fully saturated rings. The van der Waals surface area contributed by atoms with Crippen molar-refractivity contribution in [3.63, 3.8) is 0 Å². The van der Waals surface area contributed by atoms with Gasteiger partial charge in [-0.05, 0) is 24.6 Å². The van der Waals surface area contributed by atoms with Crippen molar-refractivity contribution in [1.82, 2.24) is 4.90 Å². The van der Waals surface area contributed by atoms with Crippen molar-refractivity contribution in [3.05, 3.63) is 65.2 Å². The summed E-state index contributed by atoms with van der Waals surface area (Å²) < 4.78 is 15.9. The van der Waals surface area contributed by atoms with E-state index in [1.807, 2.05) is 6.07 Å². The Hall–Kier alpha value is -3.32. The standard InChI is InChI=1S/C23H25NO6/c1-28-13-7-12-24-20(17-14-16(29-2)10-11-18(17)30-3)19(22(26)23(24)27)21(25)15-8-5-4-6-9-15/h4-6,8-11,14,20,25H,7,12-13H2,1-3H3/t20-/m1/s1. The summed E-state index contributed by atoms with van der Waals surface area (Å²) in [5.74, 6) is -0.591. The van der Waals surface area contributed by atoms with Crippen LogP contribution in [0, 0.1) is 0 Å². The van der Waals surface area contributed by atoms with Crippen molar-refractivity contribution in [2.75, 3.05) is 34.5 Å². The van der Waals surface area contributed by atoms with E-state index in [1.54, 1.807) is 49.6 Å². The Bertz CT molecular complexity index is 953. The number of carbonyl (C=O) groups excluding carboxylic acids is 2. The fraction of sp³-hybridized carbons (Fsp3) is 0.304. The number of hydrogen-bond donors (Lipinski definition) is 1. The number of hydrogen-bond acceptors (Lipinski definition) is 6. The molecule has 0 spiro atoms. The van der Waals surface area contributed by atoms with Gasteiger partial charge in [-0.25, -0.2) is 0 Å². The molecule has 30 heavy (non-hydrogen) atoms. The SMILES string of the molecule is COCCCN1C(=O)C(=O)C(=C(O)c2ccccc2)[C@H]1c1cc(OC)ccc1OC. The van der Waals surface area contributed by atoms with E-state index in [-0.39, 0.29) is 17.9 Å². The molecule has 7 heteroatoms. The largest absolute Gasteiger partial charge is 0.507 e. The zero-order valence-electron chi connectivity index (χ0n) is 17.3.